The molecule has 0 spiro atoms. The first-order valence-corrected chi connectivity index (χ1v) is 12.5. The van der Waals surface area contributed by atoms with Gasteiger partial charge in [-0.2, -0.15) is 79.9 Å². The van der Waals surface area contributed by atoms with E-state index >= 15 is 0 Å². The van der Waals surface area contributed by atoms with Crippen molar-refractivity contribution in [3.05, 3.63) is 0 Å². The molecule has 0 rings (SSSR count). The first-order chi connectivity index (χ1) is 18.4. The number of hydrogen-bond donors (Lipinski definition) is 0. The van der Waals surface area contributed by atoms with Crippen LogP contribution in [-0.4, -0.2) is 77.6 Å². The van der Waals surface area contributed by atoms with Crippen molar-refractivity contribution in [2.24, 2.45) is 0 Å². The molecule has 1 unspecified atom stereocenters. The number of nitriles is 1. The Morgan fingerprint density at radius 3 is 1.31 bits per heavy atom. The number of hydrogen-bond acceptors (Lipinski definition) is 4. The Kier molecular flexibility index (Phi) is 12.9. The maximum atomic E-state index is 14.1. The van der Waals surface area contributed by atoms with E-state index in [1.807, 2.05) is 0 Å². The highest BCUT2D eigenvalue weighted by Gasteiger charge is 2.95. The minimum atomic E-state index is -8.65. The van der Waals surface area contributed by atoms with Crippen molar-refractivity contribution in [1.82, 2.24) is 4.67 Å². The minimum absolute atomic E-state index is 0.210. The van der Waals surface area contributed by atoms with Crippen molar-refractivity contribution >= 4 is 8.53 Å². The van der Waals surface area contributed by atoms with Gasteiger partial charge in [-0.05, 0) is 34.1 Å². The molecule has 0 aliphatic rings. The average Bonchev–Trinajstić information content (AvgIpc) is 2.79. The van der Waals surface area contributed by atoms with E-state index in [1.165, 1.54) is 4.67 Å². The Hall–Kier alpha value is -1.39. The van der Waals surface area contributed by atoms with E-state index in [2.05, 4.69) is 0 Å². The van der Waals surface area contributed by atoms with Crippen LogP contribution in [0.1, 0.15) is 47.0 Å². The zero-order valence-electron chi connectivity index (χ0n) is 21.8. The molecule has 0 aliphatic carbocycles. The molecule has 0 radical (unpaired) electrons. The summed E-state index contributed by atoms with van der Waals surface area (Å²) in [6, 6.07) is 0.897. The van der Waals surface area contributed by atoms with Crippen molar-refractivity contribution in [2.45, 2.75) is 107 Å². The second kappa shape index (κ2) is 13.3. The molecule has 250 valence electrons. The fourth-order valence-electron chi connectivity index (χ4n) is 3.10. The van der Waals surface area contributed by atoms with Gasteiger partial charge in [-0.15, -0.1) is 0 Å². The van der Waals surface area contributed by atoms with Crippen LogP contribution < -0.4 is 0 Å². The van der Waals surface area contributed by atoms with Gasteiger partial charge in [0.2, 0.25) is 0 Å². The van der Waals surface area contributed by atoms with Gasteiger partial charge < -0.3 is 9.05 Å². The van der Waals surface area contributed by atoms with Gasteiger partial charge in [-0.25, -0.2) is 4.67 Å². The first-order valence-electron chi connectivity index (χ1n) is 11.4. The van der Waals surface area contributed by atoms with Gasteiger partial charge in [-0.1, -0.05) is 0 Å². The van der Waals surface area contributed by atoms with Crippen molar-refractivity contribution in [3.8, 4) is 6.07 Å². The van der Waals surface area contributed by atoms with Gasteiger partial charge >= 0.3 is 47.6 Å². The molecule has 0 heterocycles. The lowest BCUT2D eigenvalue weighted by molar-refractivity contribution is -0.461. The molecule has 0 aromatic rings. The maximum Gasteiger partial charge on any atom is 0.460 e. The molecule has 0 bridgehead atoms. The third-order valence-electron chi connectivity index (χ3n) is 5.29. The summed E-state index contributed by atoms with van der Waals surface area (Å²) < 4.78 is 239. The standard InChI is InChI=1S/C20H24F17N2O2P/c1-11(2)39(12(3)4)42(41-10-6-8-38)40-9-5-7-13(21,22)14(23,24)15(25,26)16(27,28)17(29,30)18(31,32)19(33,34)20(35,36)37/h11-12H,5-7,9-10H2,1-4H3. The molecule has 42 heavy (non-hydrogen) atoms. The number of nitrogens with zero attached hydrogens (tertiary/aromatic N) is 2. The van der Waals surface area contributed by atoms with Gasteiger partial charge in [0.1, 0.15) is 0 Å². The first kappa shape index (κ1) is 40.6. The molecule has 0 aromatic heterocycles. The second-order valence-corrected chi connectivity index (χ2v) is 10.6. The van der Waals surface area contributed by atoms with Crippen molar-refractivity contribution in [3.63, 3.8) is 0 Å². The summed E-state index contributed by atoms with van der Waals surface area (Å²) in [6.07, 6.45) is -12.0. The number of halogens is 17. The molecule has 0 aromatic carbocycles. The lowest BCUT2D eigenvalue weighted by Crippen LogP contribution is -2.74. The molecule has 0 amide bonds. The van der Waals surface area contributed by atoms with Crippen LogP contribution in [0.25, 0.3) is 0 Å². The van der Waals surface area contributed by atoms with Gasteiger partial charge in [0, 0.05) is 18.5 Å². The van der Waals surface area contributed by atoms with Gasteiger partial charge in [-0.3, -0.25) is 0 Å². The van der Waals surface area contributed by atoms with Crippen molar-refractivity contribution in [2.75, 3.05) is 13.2 Å². The highest BCUT2D eigenvalue weighted by atomic mass is 31.2. The lowest BCUT2D eigenvalue weighted by atomic mass is 9.88. The van der Waals surface area contributed by atoms with E-state index < -0.39 is 87.7 Å². The summed E-state index contributed by atoms with van der Waals surface area (Å²) in [5.74, 6) is -56.5. The fraction of sp³-hybridized carbons (Fsp3) is 0.950. The zero-order valence-corrected chi connectivity index (χ0v) is 22.7. The normalized spacial score (nSPS) is 16.0. The Morgan fingerprint density at radius 2 is 0.952 bits per heavy atom. The average molecular weight is 678 g/mol. The molecule has 22 heteroatoms. The minimum Gasteiger partial charge on any atom is -0.322 e. The van der Waals surface area contributed by atoms with Crippen LogP contribution in [0.4, 0.5) is 74.6 Å². The van der Waals surface area contributed by atoms with Crippen LogP contribution in [0.5, 0.6) is 0 Å². The van der Waals surface area contributed by atoms with Crippen LogP contribution in [0, 0.1) is 11.3 Å². The molecule has 0 fully saturated rings. The van der Waals surface area contributed by atoms with Gasteiger partial charge in [0.05, 0.1) is 25.7 Å². The Bertz CT molecular complexity index is 911. The summed E-state index contributed by atoms with van der Waals surface area (Å²) in [5.41, 5.74) is 0. The van der Waals surface area contributed by atoms with E-state index in [0.717, 1.165) is 0 Å². The lowest BCUT2D eigenvalue weighted by Gasteiger charge is -2.42. The SMILES string of the molecule is CC(C)N(C(C)C)P(OCCC#N)OCCCC(F)(F)C(F)(F)C(F)(F)C(F)(F)C(F)(F)C(F)(F)C(F)(F)C(F)(F)F. The molecular weight excluding hydrogens is 654 g/mol. The predicted molar refractivity (Wildman–Crippen MR) is 111 cm³/mol. The molecule has 1 atom stereocenters. The zero-order chi connectivity index (χ0) is 34.0. The van der Waals surface area contributed by atoms with Crippen LogP contribution in [0.3, 0.4) is 0 Å². The van der Waals surface area contributed by atoms with Crippen LogP contribution in [0.2, 0.25) is 0 Å². The van der Waals surface area contributed by atoms with Crippen LogP contribution in [0.15, 0.2) is 0 Å². The largest absolute Gasteiger partial charge is 0.460 e. The summed E-state index contributed by atoms with van der Waals surface area (Å²) in [5, 5.41) is 8.59. The van der Waals surface area contributed by atoms with E-state index in [-0.39, 0.29) is 13.0 Å². The summed E-state index contributed by atoms with van der Waals surface area (Å²) >= 11 is 0. The number of alkyl halides is 17. The van der Waals surface area contributed by atoms with Gasteiger partial charge in [0.15, 0.2) is 0 Å². The molecule has 4 nitrogen and oxygen atoms in total. The third kappa shape index (κ3) is 7.28. The second-order valence-electron chi connectivity index (χ2n) is 9.13. The molecule has 0 saturated carbocycles. The van der Waals surface area contributed by atoms with E-state index in [4.69, 9.17) is 14.3 Å². The fourth-order valence-corrected chi connectivity index (χ4v) is 4.73. The predicted octanol–water partition coefficient (Wildman–Crippen LogP) is 9.07. The Morgan fingerprint density at radius 1 is 0.595 bits per heavy atom. The van der Waals surface area contributed by atoms with Gasteiger partial charge in [0.25, 0.3) is 8.53 Å². The van der Waals surface area contributed by atoms with Crippen LogP contribution >= 0.6 is 8.53 Å². The smallest absolute Gasteiger partial charge is 0.322 e. The summed E-state index contributed by atoms with van der Waals surface area (Å²) in [4.78, 5) is 0. The summed E-state index contributed by atoms with van der Waals surface area (Å²) in [6.45, 7) is 4.99. The maximum absolute atomic E-state index is 14.1. The van der Waals surface area contributed by atoms with Crippen molar-refractivity contribution in [1.29, 1.82) is 5.26 Å². The van der Waals surface area contributed by atoms with Crippen molar-refractivity contribution < 1.29 is 83.7 Å². The Balaban J connectivity index is 6.09. The number of rotatable bonds is 17. The topological polar surface area (TPSA) is 45.5 Å². The van der Waals surface area contributed by atoms with E-state index in [9.17, 15) is 74.6 Å². The highest BCUT2D eigenvalue weighted by molar-refractivity contribution is 7.44. The molecule has 0 N–H and O–H groups in total. The van der Waals surface area contributed by atoms with E-state index in [1.54, 1.807) is 33.8 Å². The Labute approximate surface area is 229 Å². The monoisotopic (exact) mass is 678 g/mol. The van der Waals surface area contributed by atoms with E-state index in [0.29, 0.717) is 0 Å². The molecular formula is C20H24F17N2O2P. The van der Waals surface area contributed by atoms with Crippen LogP contribution in [-0.2, 0) is 9.05 Å². The summed E-state index contributed by atoms with van der Waals surface area (Å²) in [7, 11) is -2.24. The molecule has 0 saturated heterocycles. The molecule has 0 aliphatic heterocycles. The third-order valence-corrected chi connectivity index (χ3v) is 7.39. The highest BCUT2D eigenvalue weighted by Crippen LogP contribution is 2.64. The quantitative estimate of drug-likeness (QED) is 0.0876.